The summed E-state index contributed by atoms with van der Waals surface area (Å²) in [6, 6.07) is 8.16. The number of aromatic nitrogens is 3. The third kappa shape index (κ3) is 3.96. The van der Waals surface area contributed by atoms with Gasteiger partial charge in [0.05, 0.1) is 23.1 Å². The molecule has 0 aliphatic carbocycles. The number of aryl methyl sites for hydroxylation is 1. The van der Waals surface area contributed by atoms with Crippen LogP contribution in [0.3, 0.4) is 0 Å². The largest absolute Gasteiger partial charge is 0.342 e. The van der Waals surface area contributed by atoms with Gasteiger partial charge in [0.1, 0.15) is 0 Å². The number of carbonyl (C=O) groups excluding carboxylic acids is 1. The van der Waals surface area contributed by atoms with Crippen molar-refractivity contribution in [2.45, 2.75) is 38.6 Å². The van der Waals surface area contributed by atoms with Crippen LogP contribution in [0.2, 0.25) is 0 Å². The molecule has 3 heterocycles. The molecule has 1 saturated heterocycles. The molecule has 3 aromatic rings. The SMILES string of the molecule is O=C(Cc1nsc2ccccc12)N1CCC(CCCn2ccnc2)CC1. The summed E-state index contributed by atoms with van der Waals surface area (Å²) in [5, 5.41) is 1.13. The van der Waals surface area contributed by atoms with E-state index in [4.69, 9.17) is 0 Å². The monoisotopic (exact) mass is 368 g/mol. The zero-order valence-electron chi connectivity index (χ0n) is 14.9. The highest BCUT2D eigenvalue weighted by Crippen LogP contribution is 2.25. The molecule has 0 spiro atoms. The van der Waals surface area contributed by atoms with Crippen LogP contribution in [0.4, 0.5) is 0 Å². The van der Waals surface area contributed by atoms with Crippen molar-refractivity contribution >= 4 is 27.5 Å². The molecular formula is C20H24N4OS. The molecule has 1 aliphatic rings. The van der Waals surface area contributed by atoms with Gasteiger partial charge >= 0.3 is 0 Å². The second-order valence-electron chi connectivity index (χ2n) is 7.07. The number of benzene rings is 1. The average Bonchev–Trinajstić information content (AvgIpc) is 3.33. The molecule has 0 saturated carbocycles. The molecule has 0 N–H and O–H groups in total. The fourth-order valence-corrected chi connectivity index (χ4v) is 4.57. The van der Waals surface area contributed by atoms with Gasteiger partial charge in [-0.1, -0.05) is 18.2 Å². The number of imidazole rings is 1. The molecule has 1 aromatic carbocycles. The van der Waals surface area contributed by atoms with E-state index in [1.54, 1.807) is 0 Å². The predicted molar refractivity (Wildman–Crippen MR) is 104 cm³/mol. The number of rotatable bonds is 6. The summed E-state index contributed by atoms with van der Waals surface area (Å²) >= 11 is 1.48. The van der Waals surface area contributed by atoms with Crippen molar-refractivity contribution in [3.05, 3.63) is 48.7 Å². The zero-order valence-corrected chi connectivity index (χ0v) is 15.7. The molecule has 0 atom stereocenters. The van der Waals surface area contributed by atoms with Gasteiger partial charge in [0, 0.05) is 37.4 Å². The Kier molecular flexibility index (Phi) is 5.29. The quantitative estimate of drug-likeness (QED) is 0.666. The van der Waals surface area contributed by atoms with E-state index in [9.17, 15) is 4.79 Å². The van der Waals surface area contributed by atoms with E-state index in [1.807, 2.05) is 35.8 Å². The average molecular weight is 369 g/mol. The molecule has 0 bridgehead atoms. The van der Waals surface area contributed by atoms with Crippen molar-refractivity contribution in [2.24, 2.45) is 5.92 Å². The fraction of sp³-hybridized carbons (Fsp3) is 0.450. The molecule has 1 amide bonds. The second-order valence-corrected chi connectivity index (χ2v) is 7.87. The Hall–Kier alpha value is -2.21. The lowest BCUT2D eigenvalue weighted by molar-refractivity contribution is -0.131. The Balaban J connectivity index is 1.24. The molecular weight excluding hydrogens is 344 g/mol. The van der Waals surface area contributed by atoms with E-state index in [0.717, 1.165) is 54.2 Å². The van der Waals surface area contributed by atoms with Crippen molar-refractivity contribution in [1.29, 1.82) is 0 Å². The molecule has 2 aromatic heterocycles. The summed E-state index contributed by atoms with van der Waals surface area (Å²) in [5.41, 5.74) is 0.929. The number of amides is 1. The van der Waals surface area contributed by atoms with Gasteiger partial charge in [0.25, 0.3) is 0 Å². The summed E-state index contributed by atoms with van der Waals surface area (Å²) in [7, 11) is 0. The summed E-state index contributed by atoms with van der Waals surface area (Å²) in [6.45, 7) is 2.81. The van der Waals surface area contributed by atoms with Crippen LogP contribution in [-0.2, 0) is 17.8 Å². The highest BCUT2D eigenvalue weighted by atomic mass is 32.1. The highest BCUT2D eigenvalue weighted by Gasteiger charge is 2.23. The minimum Gasteiger partial charge on any atom is -0.342 e. The first kappa shape index (κ1) is 17.2. The molecule has 0 unspecified atom stereocenters. The Labute approximate surface area is 157 Å². The minimum absolute atomic E-state index is 0.220. The number of carbonyl (C=O) groups is 1. The summed E-state index contributed by atoms with van der Waals surface area (Å²) in [4.78, 5) is 18.8. The maximum atomic E-state index is 12.7. The third-order valence-corrected chi connectivity index (χ3v) is 6.19. The normalized spacial score (nSPS) is 15.6. The first-order valence-corrected chi connectivity index (χ1v) is 10.1. The van der Waals surface area contributed by atoms with Gasteiger partial charge in [-0.05, 0) is 49.2 Å². The van der Waals surface area contributed by atoms with Crippen LogP contribution < -0.4 is 0 Å². The highest BCUT2D eigenvalue weighted by molar-refractivity contribution is 7.13. The van der Waals surface area contributed by atoms with Crippen molar-refractivity contribution < 1.29 is 4.79 Å². The summed E-state index contributed by atoms with van der Waals surface area (Å²) in [6.07, 6.45) is 10.8. The van der Waals surface area contributed by atoms with Crippen LogP contribution >= 0.6 is 11.5 Å². The zero-order chi connectivity index (χ0) is 17.8. The molecule has 0 radical (unpaired) electrons. The topological polar surface area (TPSA) is 51.0 Å². The molecule has 26 heavy (non-hydrogen) atoms. The maximum absolute atomic E-state index is 12.7. The van der Waals surface area contributed by atoms with Crippen molar-refractivity contribution in [3.63, 3.8) is 0 Å². The van der Waals surface area contributed by atoms with Crippen LogP contribution in [0.15, 0.2) is 43.0 Å². The van der Waals surface area contributed by atoms with Gasteiger partial charge in [-0.25, -0.2) is 4.98 Å². The molecule has 1 fully saturated rings. The Morgan fingerprint density at radius 3 is 2.88 bits per heavy atom. The number of piperidine rings is 1. The smallest absolute Gasteiger partial charge is 0.228 e. The fourth-order valence-electron chi connectivity index (χ4n) is 3.77. The van der Waals surface area contributed by atoms with Crippen LogP contribution in [-0.4, -0.2) is 37.8 Å². The second kappa shape index (κ2) is 7.99. The molecule has 5 nitrogen and oxygen atoms in total. The minimum atomic E-state index is 0.220. The lowest BCUT2D eigenvalue weighted by atomic mass is 9.92. The van der Waals surface area contributed by atoms with E-state index in [0.29, 0.717) is 6.42 Å². The van der Waals surface area contributed by atoms with E-state index in [-0.39, 0.29) is 5.91 Å². The van der Waals surface area contributed by atoms with Crippen LogP contribution in [0.5, 0.6) is 0 Å². The summed E-state index contributed by atoms with van der Waals surface area (Å²) < 4.78 is 7.79. The van der Waals surface area contributed by atoms with Crippen molar-refractivity contribution in [3.8, 4) is 0 Å². The van der Waals surface area contributed by atoms with Crippen LogP contribution in [0.1, 0.15) is 31.4 Å². The molecule has 1 aliphatic heterocycles. The molecule has 136 valence electrons. The first-order chi connectivity index (χ1) is 12.8. The van der Waals surface area contributed by atoms with Gasteiger partial charge in [-0.2, -0.15) is 4.37 Å². The molecule has 6 heteroatoms. The Morgan fingerprint density at radius 1 is 1.23 bits per heavy atom. The van der Waals surface area contributed by atoms with Crippen LogP contribution in [0.25, 0.3) is 10.1 Å². The summed E-state index contributed by atoms with van der Waals surface area (Å²) in [5.74, 6) is 0.959. The van der Waals surface area contributed by atoms with E-state index in [1.165, 1.54) is 24.4 Å². The lowest BCUT2D eigenvalue weighted by Crippen LogP contribution is -2.39. The van der Waals surface area contributed by atoms with E-state index < -0.39 is 0 Å². The number of hydrogen-bond acceptors (Lipinski definition) is 4. The van der Waals surface area contributed by atoms with Gasteiger partial charge < -0.3 is 9.47 Å². The van der Waals surface area contributed by atoms with E-state index >= 15 is 0 Å². The van der Waals surface area contributed by atoms with Crippen LogP contribution in [0, 0.1) is 5.92 Å². The van der Waals surface area contributed by atoms with Crippen molar-refractivity contribution in [1.82, 2.24) is 18.8 Å². The Morgan fingerprint density at radius 2 is 2.08 bits per heavy atom. The van der Waals surface area contributed by atoms with Gasteiger partial charge in [0.2, 0.25) is 5.91 Å². The first-order valence-electron chi connectivity index (χ1n) is 9.36. The maximum Gasteiger partial charge on any atom is 0.228 e. The number of nitrogens with zero attached hydrogens (tertiary/aromatic N) is 4. The predicted octanol–water partition coefficient (Wildman–Crippen LogP) is 3.75. The number of fused-ring (bicyclic) bond motifs is 1. The number of likely N-dealkylation sites (tertiary alicyclic amines) is 1. The Bertz CT molecular complexity index is 850. The van der Waals surface area contributed by atoms with E-state index in [2.05, 4.69) is 26.1 Å². The third-order valence-electron chi connectivity index (χ3n) is 5.33. The van der Waals surface area contributed by atoms with Gasteiger partial charge in [0.15, 0.2) is 0 Å². The van der Waals surface area contributed by atoms with Gasteiger partial charge in [-0.15, -0.1) is 0 Å². The van der Waals surface area contributed by atoms with Crippen molar-refractivity contribution in [2.75, 3.05) is 13.1 Å². The molecule has 4 rings (SSSR count). The number of hydrogen-bond donors (Lipinski definition) is 0. The lowest BCUT2D eigenvalue weighted by Gasteiger charge is -2.32. The van der Waals surface area contributed by atoms with Gasteiger partial charge in [-0.3, -0.25) is 4.79 Å². The standard InChI is InChI=1S/C20H24N4OS/c25-20(14-18-17-5-1-2-6-19(17)26-22-18)24-11-7-16(8-12-24)4-3-10-23-13-9-21-15-23/h1-2,5-6,9,13,15-16H,3-4,7-8,10-12,14H2.